The molecule has 5 nitrogen and oxygen atoms in total. The minimum Gasteiger partial charge on any atom is -0.339 e. The fourth-order valence-electron chi connectivity index (χ4n) is 2.52. The van der Waals surface area contributed by atoms with Gasteiger partial charge in [0.25, 0.3) is 0 Å². The maximum Gasteiger partial charge on any atom is 0.224 e. The highest BCUT2D eigenvalue weighted by atomic mass is 32.2. The van der Waals surface area contributed by atoms with Gasteiger partial charge in [-0.3, -0.25) is 4.79 Å². The highest BCUT2D eigenvalue weighted by Gasteiger charge is 2.25. The van der Waals surface area contributed by atoms with E-state index in [0.717, 1.165) is 19.4 Å². The van der Waals surface area contributed by atoms with Crippen molar-refractivity contribution in [3.05, 3.63) is 0 Å². The van der Waals surface area contributed by atoms with E-state index in [9.17, 15) is 13.2 Å². The van der Waals surface area contributed by atoms with Crippen molar-refractivity contribution in [3.8, 4) is 0 Å². The number of hydrogen-bond acceptors (Lipinski definition) is 4. The van der Waals surface area contributed by atoms with E-state index in [4.69, 9.17) is 0 Å². The SMILES string of the molecule is CCN(C(=O)CC1CCCN1)C(C)CS(C)(=O)=O. The fourth-order valence-corrected chi connectivity index (χ4v) is 3.58. The van der Waals surface area contributed by atoms with Crippen LogP contribution in [0, 0.1) is 0 Å². The second-order valence-electron chi connectivity index (χ2n) is 5.12. The molecule has 1 fully saturated rings. The lowest BCUT2D eigenvalue weighted by Gasteiger charge is -2.28. The molecule has 1 aliphatic rings. The predicted octanol–water partition coefficient (Wildman–Crippen LogP) is 0.410. The molecule has 2 unspecified atom stereocenters. The van der Waals surface area contributed by atoms with Crippen molar-refractivity contribution in [1.29, 1.82) is 0 Å². The first-order valence-electron chi connectivity index (χ1n) is 6.54. The van der Waals surface area contributed by atoms with Crippen molar-refractivity contribution in [2.45, 2.75) is 45.2 Å². The van der Waals surface area contributed by atoms with Gasteiger partial charge in [-0.25, -0.2) is 8.42 Å². The molecule has 0 spiro atoms. The van der Waals surface area contributed by atoms with E-state index in [1.54, 1.807) is 11.8 Å². The number of sulfone groups is 1. The Balaban J connectivity index is 2.55. The Hall–Kier alpha value is -0.620. The highest BCUT2D eigenvalue weighted by Crippen LogP contribution is 2.12. The van der Waals surface area contributed by atoms with E-state index < -0.39 is 9.84 Å². The van der Waals surface area contributed by atoms with Crippen molar-refractivity contribution < 1.29 is 13.2 Å². The second kappa shape index (κ2) is 6.52. The van der Waals surface area contributed by atoms with Crippen LogP contribution in [0.1, 0.15) is 33.1 Å². The van der Waals surface area contributed by atoms with E-state index in [1.165, 1.54) is 6.26 Å². The zero-order valence-corrected chi connectivity index (χ0v) is 12.3. The van der Waals surface area contributed by atoms with Crippen LogP contribution in [0.25, 0.3) is 0 Å². The lowest BCUT2D eigenvalue weighted by atomic mass is 10.1. The molecule has 6 heteroatoms. The van der Waals surface area contributed by atoms with Crippen LogP contribution in [0.4, 0.5) is 0 Å². The lowest BCUT2D eigenvalue weighted by Crippen LogP contribution is -2.44. The van der Waals surface area contributed by atoms with Gasteiger partial charge in [-0.15, -0.1) is 0 Å². The minimum atomic E-state index is -3.05. The van der Waals surface area contributed by atoms with Gasteiger partial charge in [0.2, 0.25) is 5.91 Å². The van der Waals surface area contributed by atoms with E-state index in [1.807, 2.05) is 6.92 Å². The highest BCUT2D eigenvalue weighted by molar-refractivity contribution is 7.90. The van der Waals surface area contributed by atoms with Gasteiger partial charge in [0.1, 0.15) is 9.84 Å². The Morgan fingerprint density at radius 3 is 2.61 bits per heavy atom. The smallest absolute Gasteiger partial charge is 0.224 e. The second-order valence-corrected chi connectivity index (χ2v) is 7.30. The molecule has 0 aliphatic carbocycles. The van der Waals surface area contributed by atoms with E-state index in [0.29, 0.717) is 13.0 Å². The van der Waals surface area contributed by atoms with Crippen molar-refractivity contribution in [2.24, 2.45) is 0 Å². The zero-order valence-electron chi connectivity index (χ0n) is 11.5. The summed E-state index contributed by atoms with van der Waals surface area (Å²) in [4.78, 5) is 13.8. The molecule has 1 heterocycles. The van der Waals surface area contributed by atoms with Gasteiger partial charge in [-0.05, 0) is 33.2 Å². The maximum absolute atomic E-state index is 12.1. The molecule has 0 radical (unpaired) electrons. The third kappa shape index (κ3) is 4.94. The number of carbonyl (C=O) groups excluding carboxylic acids is 1. The summed E-state index contributed by atoms with van der Waals surface area (Å²) in [5.74, 6) is 0.0815. The Morgan fingerprint density at radius 2 is 2.17 bits per heavy atom. The number of amides is 1. The summed E-state index contributed by atoms with van der Waals surface area (Å²) in [5, 5.41) is 3.29. The average Bonchev–Trinajstić information content (AvgIpc) is 2.68. The summed E-state index contributed by atoms with van der Waals surface area (Å²) in [7, 11) is -3.05. The fraction of sp³-hybridized carbons (Fsp3) is 0.917. The molecule has 0 saturated carbocycles. The van der Waals surface area contributed by atoms with Gasteiger partial charge in [0.05, 0.1) is 5.75 Å². The van der Waals surface area contributed by atoms with Crippen LogP contribution in [0.2, 0.25) is 0 Å². The maximum atomic E-state index is 12.1. The summed E-state index contributed by atoms with van der Waals surface area (Å²) in [6, 6.07) is 0.0101. The Kier molecular flexibility index (Phi) is 5.59. The van der Waals surface area contributed by atoms with Gasteiger partial charge >= 0.3 is 0 Å². The average molecular weight is 276 g/mol. The molecule has 0 bridgehead atoms. The van der Waals surface area contributed by atoms with E-state index >= 15 is 0 Å². The van der Waals surface area contributed by atoms with E-state index in [2.05, 4.69) is 5.32 Å². The molecule has 1 N–H and O–H groups in total. The largest absolute Gasteiger partial charge is 0.339 e. The van der Waals surface area contributed by atoms with Crippen molar-refractivity contribution in [1.82, 2.24) is 10.2 Å². The first-order chi connectivity index (χ1) is 8.33. The Morgan fingerprint density at radius 1 is 1.50 bits per heavy atom. The predicted molar refractivity (Wildman–Crippen MR) is 72.2 cm³/mol. The standard InChI is InChI=1S/C12H24N2O3S/c1-4-14(10(2)9-18(3,16)17)12(15)8-11-6-5-7-13-11/h10-11,13H,4-9H2,1-3H3. The monoisotopic (exact) mass is 276 g/mol. The molecule has 1 aliphatic heterocycles. The number of carbonyl (C=O) groups is 1. The van der Waals surface area contributed by atoms with Crippen LogP contribution in [-0.2, 0) is 14.6 Å². The minimum absolute atomic E-state index is 0.0324. The van der Waals surface area contributed by atoms with Crippen LogP contribution in [0.3, 0.4) is 0 Å². The number of rotatable bonds is 6. The molecule has 106 valence electrons. The summed E-state index contributed by atoms with van der Waals surface area (Å²) < 4.78 is 22.6. The molecule has 18 heavy (non-hydrogen) atoms. The molecule has 0 aromatic carbocycles. The molecule has 2 atom stereocenters. The van der Waals surface area contributed by atoms with Crippen LogP contribution >= 0.6 is 0 Å². The number of hydrogen-bond donors (Lipinski definition) is 1. The van der Waals surface area contributed by atoms with Gasteiger partial charge in [0.15, 0.2) is 0 Å². The van der Waals surface area contributed by atoms with Gasteiger partial charge < -0.3 is 10.2 Å². The van der Waals surface area contributed by atoms with Gasteiger partial charge in [0, 0.05) is 31.3 Å². The first-order valence-corrected chi connectivity index (χ1v) is 8.60. The summed E-state index contributed by atoms with van der Waals surface area (Å²) in [5.41, 5.74) is 0. The third-order valence-corrected chi connectivity index (χ3v) is 4.41. The third-order valence-electron chi connectivity index (χ3n) is 3.32. The molecule has 1 amide bonds. The van der Waals surface area contributed by atoms with E-state index in [-0.39, 0.29) is 23.7 Å². The van der Waals surface area contributed by atoms with Gasteiger partial charge in [-0.1, -0.05) is 0 Å². The van der Waals surface area contributed by atoms with Crippen LogP contribution in [0.15, 0.2) is 0 Å². The molecule has 0 aromatic rings. The topological polar surface area (TPSA) is 66.5 Å². The van der Waals surface area contributed by atoms with Crippen molar-refractivity contribution in [2.75, 3.05) is 25.1 Å². The lowest BCUT2D eigenvalue weighted by molar-refractivity contribution is -0.133. The van der Waals surface area contributed by atoms with Crippen molar-refractivity contribution in [3.63, 3.8) is 0 Å². The van der Waals surface area contributed by atoms with Crippen LogP contribution < -0.4 is 5.32 Å². The van der Waals surface area contributed by atoms with Crippen LogP contribution in [0.5, 0.6) is 0 Å². The number of nitrogens with zero attached hydrogens (tertiary/aromatic N) is 1. The van der Waals surface area contributed by atoms with Gasteiger partial charge in [-0.2, -0.15) is 0 Å². The molecular formula is C12H24N2O3S. The summed E-state index contributed by atoms with van der Waals surface area (Å²) in [6.07, 6.45) is 3.83. The molecule has 1 rings (SSSR count). The molecule has 0 aromatic heterocycles. The van der Waals surface area contributed by atoms with Crippen molar-refractivity contribution >= 4 is 15.7 Å². The molecular weight excluding hydrogens is 252 g/mol. The Bertz CT molecular complexity index is 375. The quantitative estimate of drug-likeness (QED) is 0.763. The zero-order chi connectivity index (χ0) is 13.8. The molecule has 1 saturated heterocycles. The normalized spacial score (nSPS) is 21.8. The Labute approximate surface area is 110 Å². The van der Waals surface area contributed by atoms with Crippen LogP contribution in [-0.4, -0.2) is 56.4 Å². The first kappa shape index (κ1) is 15.4. The summed E-state index contributed by atoms with van der Waals surface area (Å²) >= 11 is 0. The number of nitrogens with one attached hydrogen (secondary N) is 1. The summed E-state index contributed by atoms with van der Waals surface area (Å²) in [6.45, 7) is 5.22.